The van der Waals surface area contributed by atoms with E-state index >= 15 is 0 Å². The van der Waals surface area contributed by atoms with Crippen LogP contribution in [0.4, 0.5) is 0 Å². The van der Waals surface area contributed by atoms with Crippen molar-refractivity contribution < 1.29 is 22.7 Å². The average molecular weight is 399 g/mol. The second-order valence-electron chi connectivity index (χ2n) is 7.73. The number of rotatable bonds is 5. The molecule has 6 nitrogen and oxygen atoms in total. The van der Waals surface area contributed by atoms with Crippen LogP contribution in [0.25, 0.3) is 5.57 Å². The summed E-state index contributed by atoms with van der Waals surface area (Å²) < 4.78 is 34.9. The molecule has 0 saturated heterocycles. The lowest BCUT2D eigenvalue weighted by Gasteiger charge is -2.21. The van der Waals surface area contributed by atoms with Crippen molar-refractivity contribution in [3.05, 3.63) is 59.6 Å². The molecule has 4 rings (SSSR count). The first-order chi connectivity index (χ1) is 13.1. The van der Waals surface area contributed by atoms with Crippen LogP contribution in [0.2, 0.25) is 0 Å². The molecular formula is C21H21NO5S. The molecule has 1 fully saturated rings. The Morgan fingerprint density at radius 3 is 2.43 bits per heavy atom. The van der Waals surface area contributed by atoms with Gasteiger partial charge in [-0.2, -0.15) is 0 Å². The minimum atomic E-state index is -3.31. The molecule has 1 aliphatic carbocycles. The smallest absolute Gasteiger partial charge is 0.375 e. The highest BCUT2D eigenvalue weighted by Crippen LogP contribution is 2.43. The first-order valence-corrected chi connectivity index (χ1v) is 11.0. The molecule has 0 spiro atoms. The molecule has 1 aromatic carbocycles. The molecule has 0 bridgehead atoms. The van der Waals surface area contributed by atoms with Crippen molar-refractivity contribution in [2.75, 3.05) is 6.26 Å². The summed E-state index contributed by atoms with van der Waals surface area (Å²) in [4.78, 5) is 16.9. The second-order valence-corrected chi connectivity index (χ2v) is 9.75. The Bertz CT molecular complexity index is 1080. The highest BCUT2D eigenvalue weighted by molar-refractivity contribution is 7.90. The number of carbonyl (C=O) groups excluding carboxylic acids is 1. The maximum absolute atomic E-state index is 12.5. The van der Waals surface area contributed by atoms with E-state index < -0.39 is 21.4 Å². The number of hydrogen-bond donors (Lipinski definition) is 0. The van der Waals surface area contributed by atoms with Crippen LogP contribution in [0.5, 0.6) is 5.75 Å². The first kappa shape index (κ1) is 18.7. The molecule has 2 heterocycles. The number of sulfone groups is 1. The third kappa shape index (κ3) is 3.54. The Morgan fingerprint density at radius 2 is 1.82 bits per heavy atom. The molecule has 2 aromatic rings. The molecule has 7 heteroatoms. The molecular weight excluding hydrogens is 378 g/mol. The Kier molecular flexibility index (Phi) is 4.30. The molecule has 1 saturated carbocycles. The van der Waals surface area contributed by atoms with Gasteiger partial charge in [0.2, 0.25) is 5.76 Å². The van der Waals surface area contributed by atoms with Crippen molar-refractivity contribution in [3.8, 4) is 5.75 Å². The predicted molar refractivity (Wildman–Crippen MR) is 103 cm³/mol. The van der Waals surface area contributed by atoms with E-state index in [1.165, 1.54) is 12.1 Å². The van der Waals surface area contributed by atoms with Gasteiger partial charge < -0.3 is 9.47 Å². The van der Waals surface area contributed by atoms with Crippen molar-refractivity contribution in [1.82, 2.24) is 4.98 Å². The fourth-order valence-electron chi connectivity index (χ4n) is 3.39. The summed E-state index contributed by atoms with van der Waals surface area (Å²) in [5, 5.41) is 0. The van der Waals surface area contributed by atoms with Gasteiger partial charge in [0.25, 0.3) is 0 Å². The molecule has 0 unspecified atom stereocenters. The molecule has 146 valence electrons. The molecule has 1 aromatic heterocycles. The number of pyridine rings is 1. The topological polar surface area (TPSA) is 82.6 Å². The van der Waals surface area contributed by atoms with Gasteiger partial charge in [-0.05, 0) is 61.9 Å². The van der Waals surface area contributed by atoms with E-state index in [1.807, 2.05) is 12.3 Å². The third-order valence-corrected chi connectivity index (χ3v) is 6.06. The number of aromatic nitrogens is 1. The lowest BCUT2D eigenvalue weighted by Crippen LogP contribution is -2.22. The van der Waals surface area contributed by atoms with Gasteiger partial charge in [-0.3, -0.25) is 4.98 Å². The highest BCUT2D eigenvalue weighted by atomic mass is 32.2. The van der Waals surface area contributed by atoms with Crippen molar-refractivity contribution in [2.45, 2.75) is 43.1 Å². The quantitative estimate of drug-likeness (QED) is 0.716. The first-order valence-electron chi connectivity index (χ1n) is 9.06. The van der Waals surface area contributed by atoms with E-state index in [4.69, 9.17) is 9.47 Å². The summed E-state index contributed by atoms with van der Waals surface area (Å²) in [5.74, 6) is 0.551. The fraction of sp³-hybridized carbons (Fsp3) is 0.333. The third-order valence-electron chi connectivity index (χ3n) is 4.94. The van der Waals surface area contributed by atoms with Crippen LogP contribution in [0, 0.1) is 0 Å². The van der Waals surface area contributed by atoms with Crippen LogP contribution in [-0.4, -0.2) is 31.2 Å². The van der Waals surface area contributed by atoms with Crippen molar-refractivity contribution in [2.24, 2.45) is 0 Å². The van der Waals surface area contributed by atoms with Crippen LogP contribution in [0.3, 0.4) is 0 Å². The van der Waals surface area contributed by atoms with Gasteiger partial charge in [-0.15, -0.1) is 0 Å². The Balaban J connectivity index is 1.75. The predicted octanol–water partition coefficient (Wildman–Crippen LogP) is 3.49. The lowest BCUT2D eigenvalue weighted by atomic mass is 9.92. The average Bonchev–Trinajstić information content (AvgIpc) is 3.42. The molecule has 1 aliphatic heterocycles. The number of ether oxygens (including phenoxy) is 2. The van der Waals surface area contributed by atoms with Gasteiger partial charge in [0.05, 0.1) is 16.7 Å². The Morgan fingerprint density at radius 1 is 1.14 bits per heavy atom. The Hall–Kier alpha value is -2.67. The van der Waals surface area contributed by atoms with Gasteiger partial charge in [0.15, 0.2) is 9.84 Å². The highest BCUT2D eigenvalue weighted by Gasteiger charge is 2.43. The summed E-state index contributed by atoms with van der Waals surface area (Å²) in [7, 11) is -3.31. The van der Waals surface area contributed by atoms with Crippen LogP contribution >= 0.6 is 0 Å². The van der Waals surface area contributed by atoms with E-state index in [-0.39, 0.29) is 10.7 Å². The fourth-order valence-corrected chi connectivity index (χ4v) is 4.02. The number of carbonyl (C=O) groups is 1. The molecule has 28 heavy (non-hydrogen) atoms. The lowest BCUT2D eigenvalue weighted by molar-refractivity contribution is -0.145. The number of nitrogens with zero attached hydrogens (tertiary/aromatic N) is 1. The summed E-state index contributed by atoms with van der Waals surface area (Å²) >= 11 is 0. The zero-order valence-corrected chi connectivity index (χ0v) is 16.7. The van der Waals surface area contributed by atoms with Gasteiger partial charge in [0, 0.05) is 12.5 Å². The normalized spacial score (nSPS) is 18.9. The van der Waals surface area contributed by atoms with E-state index in [0.717, 1.165) is 24.7 Å². The van der Waals surface area contributed by atoms with Gasteiger partial charge >= 0.3 is 5.97 Å². The number of esters is 1. The Labute approximate surface area is 164 Å². The number of benzene rings is 1. The SMILES string of the molecule is CC1(C)OC(=O)C(Oc2cncc(C3CC3)c2)=C1c1ccc(S(C)(=O)=O)cc1. The second kappa shape index (κ2) is 6.44. The maximum Gasteiger partial charge on any atom is 0.375 e. The van der Waals surface area contributed by atoms with Crippen LogP contribution in [-0.2, 0) is 19.4 Å². The molecule has 0 atom stereocenters. The van der Waals surface area contributed by atoms with Crippen LogP contribution in [0.1, 0.15) is 43.7 Å². The van der Waals surface area contributed by atoms with E-state index in [1.54, 1.807) is 32.2 Å². The summed E-state index contributed by atoms with van der Waals surface area (Å²) in [6, 6.07) is 8.27. The molecule has 0 amide bonds. The minimum Gasteiger partial charge on any atom is -0.449 e. The largest absolute Gasteiger partial charge is 0.449 e. The summed E-state index contributed by atoms with van der Waals surface area (Å²) in [6.45, 7) is 3.56. The van der Waals surface area contributed by atoms with Gasteiger partial charge in [-0.25, -0.2) is 13.2 Å². The van der Waals surface area contributed by atoms with Gasteiger partial charge in [-0.1, -0.05) is 12.1 Å². The minimum absolute atomic E-state index is 0.104. The van der Waals surface area contributed by atoms with Crippen molar-refractivity contribution >= 4 is 21.4 Å². The van der Waals surface area contributed by atoms with Crippen molar-refractivity contribution in [1.29, 1.82) is 0 Å². The molecule has 2 aliphatic rings. The van der Waals surface area contributed by atoms with E-state index in [2.05, 4.69) is 4.98 Å². The van der Waals surface area contributed by atoms with E-state index in [9.17, 15) is 13.2 Å². The van der Waals surface area contributed by atoms with Crippen LogP contribution < -0.4 is 4.74 Å². The maximum atomic E-state index is 12.5. The summed E-state index contributed by atoms with van der Waals surface area (Å²) in [6.07, 6.45) is 6.83. The van der Waals surface area contributed by atoms with Crippen LogP contribution in [0.15, 0.2) is 53.4 Å². The standard InChI is InChI=1S/C21H21NO5S/c1-21(2)18(14-6-8-17(9-7-14)28(3,24)25)19(20(23)27-21)26-16-10-15(11-22-12-16)13-4-5-13/h6-13H,4-5H2,1-3H3. The summed E-state index contributed by atoms with van der Waals surface area (Å²) in [5.41, 5.74) is 1.45. The monoisotopic (exact) mass is 399 g/mol. The number of cyclic esters (lactones) is 1. The molecule has 0 radical (unpaired) electrons. The van der Waals surface area contributed by atoms with E-state index in [0.29, 0.717) is 22.8 Å². The molecule has 0 N–H and O–H groups in total. The number of hydrogen-bond acceptors (Lipinski definition) is 6. The zero-order valence-electron chi connectivity index (χ0n) is 15.9. The van der Waals surface area contributed by atoms with Gasteiger partial charge in [0.1, 0.15) is 11.4 Å². The van der Waals surface area contributed by atoms with Crippen molar-refractivity contribution in [3.63, 3.8) is 0 Å². The zero-order chi connectivity index (χ0) is 20.1.